The molecule has 1 saturated heterocycles. The minimum Gasteiger partial charge on any atom is -0.394 e. The molecule has 1 aliphatic rings. The molecule has 0 amide bonds. The summed E-state index contributed by atoms with van der Waals surface area (Å²) >= 11 is 3.81. The van der Waals surface area contributed by atoms with E-state index < -0.39 is 36.5 Å². The quantitative estimate of drug-likeness (QED) is 0.256. The Morgan fingerprint density at radius 3 is 2.08 bits per heavy atom. The molecule has 7 heteroatoms. The van der Waals surface area contributed by atoms with E-state index in [2.05, 4.69) is 12.6 Å². The molecule has 0 unspecified atom stereocenters. The van der Waals surface area contributed by atoms with Crippen molar-refractivity contribution in [2.45, 2.75) is 29.9 Å². The number of hydrogen-bond acceptors (Lipinski definition) is 6. The Bertz CT molecular complexity index is 155. The van der Waals surface area contributed by atoms with Gasteiger partial charge in [0.2, 0.25) is 0 Å². The minimum absolute atomic E-state index is 0. The molecule has 0 aromatic heterocycles. The van der Waals surface area contributed by atoms with Gasteiger partial charge < -0.3 is 25.2 Å². The molecule has 0 aromatic carbocycles. The first kappa shape index (κ1) is 13.9. The number of hydrogen-bond donors (Lipinski definition) is 5. The third-order valence-corrected chi connectivity index (χ3v) is 2.29. The molecule has 1 heterocycles. The molecular weight excluding hydrogens is 381 g/mol. The fourth-order valence-corrected chi connectivity index (χ4v) is 1.41. The van der Waals surface area contributed by atoms with Crippen molar-refractivity contribution < 1.29 is 47.5 Å². The second kappa shape index (κ2) is 5.69. The summed E-state index contributed by atoms with van der Waals surface area (Å²) in [5, 5.41) is 36.2. The third-order valence-electron chi connectivity index (χ3n) is 1.87. The number of aliphatic hydroxyl groups is 4. The van der Waals surface area contributed by atoms with Crippen LogP contribution < -0.4 is 0 Å². The van der Waals surface area contributed by atoms with Crippen molar-refractivity contribution in [2.75, 3.05) is 6.61 Å². The van der Waals surface area contributed by atoms with E-state index in [1.807, 2.05) is 0 Å². The van der Waals surface area contributed by atoms with Crippen LogP contribution in [0, 0.1) is 0 Å². The van der Waals surface area contributed by atoms with E-state index in [0.717, 1.165) is 0 Å². The summed E-state index contributed by atoms with van der Waals surface area (Å²) in [7, 11) is 0. The van der Waals surface area contributed by atoms with Crippen LogP contribution in [-0.2, 0) is 27.1 Å². The van der Waals surface area contributed by atoms with Gasteiger partial charge >= 0.3 is 22.4 Å². The summed E-state index contributed by atoms with van der Waals surface area (Å²) < 4.78 is 4.88. The van der Waals surface area contributed by atoms with E-state index in [4.69, 9.17) is 14.9 Å². The smallest absolute Gasteiger partial charge is 0.394 e. The van der Waals surface area contributed by atoms with Crippen LogP contribution in [-0.4, -0.2) is 56.9 Å². The van der Waals surface area contributed by atoms with Crippen LogP contribution in [0.25, 0.3) is 0 Å². The summed E-state index contributed by atoms with van der Waals surface area (Å²) in [6, 6.07) is 0. The van der Waals surface area contributed by atoms with Gasteiger partial charge in [0.05, 0.1) is 6.61 Å². The average molecular weight is 393 g/mol. The molecule has 0 aliphatic carbocycles. The van der Waals surface area contributed by atoms with Crippen LogP contribution in [0.1, 0.15) is 0 Å². The number of aliphatic hydroxyl groups excluding tert-OH is 4. The van der Waals surface area contributed by atoms with Gasteiger partial charge in [-0.2, -0.15) is 0 Å². The van der Waals surface area contributed by atoms with Gasteiger partial charge in [-0.15, -0.1) is 12.6 Å². The Morgan fingerprint density at radius 2 is 1.62 bits per heavy atom. The van der Waals surface area contributed by atoms with Crippen molar-refractivity contribution in [3.05, 3.63) is 0 Å². The maximum atomic E-state index is 9.20. The summed E-state index contributed by atoms with van der Waals surface area (Å²) in [6.07, 6.45) is -4.70. The SMILES string of the molecule is OC[C@H]1O[C@H](S)[C@H](O)[C@@H](O)[C@@H]1O.[Au+]. The third kappa shape index (κ3) is 2.92. The molecule has 0 bridgehead atoms. The Hall–Kier alpha value is 0.890. The first-order valence-electron chi connectivity index (χ1n) is 3.56. The summed E-state index contributed by atoms with van der Waals surface area (Å²) in [4.78, 5) is 0. The first-order chi connectivity index (χ1) is 5.57. The molecule has 0 aromatic rings. The van der Waals surface area contributed by atoms with Crippen LogP contribution in [0.4, 0.5) is 0 Å². The summed E-state index contributed by atoms with van der Waals surface area (Å²) in [5.74, 6) is 0. The molecule has 1 aliphatic heterocycles. The van der Waals surface area contributed by atoms with E-state index >= 15 is 0 Å². The van der Waals surface area contributed by atoms with E-state index in [0.29, 0.717) is 0 Å². The van der Waals surface area contributed by atoms with Gasteiger partial charge in [0.1, 0.15) is 29.9 Å². The molecule has 1 rings (SSSR count). The van der Waals surface area contributed by atoms with E-state index in [1.165, 1.54) is 0 Å². The number of rotatable bonds is 1. The minimum atomic E-state index is -1.32. The second-order valence-corrected chi connectivity index (χ2v) is 3.23. The maximum Gasteiger partial charge on any atom is 1.00 e. The van der Waals surface area contributed by atoms with Crippen molar-refractivity contribution in [1.29, 1.82) is 0 Å². The van der Waals surface area contributed by atoms with Crippen LogP contribution >= 0.6 is 12.6 Å². The van der Waals surface area contributed by atoms with Crippen LogP contribution in [0.5, 0.6) is 0 Å². The van der Waals surface area contributed by atoms with Gasteiger partial charge in [-0.3, -0.25) is 0 Å². The molecule has 13 heavy (non-hydrogen) atoms. The van der Waals surface area contributed by atoms with Crippen molar-refractivity contribution in [2.24, 2.45) is 0 Å². The van der Waals surface area contributed by atoms with Crippen LogP contribution in [0.3, 0.4) is 0 Å². The normalized spacial score (nSPS) is 45.5. The van der Waals surface area contributed by atoms with Gasteiger partial charge in [-0.05, 0) is 0 Å². The van der Waals surface area contributed by atoms with Crippen molar-refractivity contribution >= 4 is 12.6 Å². The molecule has 1 fully saturated rings. The van der Waals surface area contributed by atoms with E-state index in [9.17, 15) is 10.2 Å². The topological polar surface area (TPSA) is 90.2 Å². The number of thiol groups is 1. The summed E-state index contributed by atoms with van der Waals surface area (Å²) in [6.45, 7) is -0.415. The monoisotopic (exact) mass is 393 g/mol. The molecular formula is C6H12AuO5S+. The van der Waals surface area contributed by atoms with Crippen LogP contribution in [0.2, 0.25) is 0 Å². The molecule has 0 spiro atoms. The van der Waals surface area contributed by atoms with Crippen molar-refractivity contribution in [3.63, 3.8) is 0 Å². The van der Waals surface area contributed by atoms with Crippen LogP contribution in [0.15, 0.2) is 0 Å². The van der Waals surface area contributed by atoms with E-state index in [-0.39, 0.29) is 22.4 Å². The molecule has 82 valence electrons. The molecule has 5 nitrogen and oxygen atoms in total. The number of ether oxygens (including phenoxy) is 1. The molecule has 5 atom stereocenters. The standard InChI is InChI=1S/C6H12O5S.Au/c7-1-2-3(8)4(9)5(10)6(12)11-2;/h2-10,12H,1H2;/q;+1/t2-,3-,4+,5-,6-;/m1./s1. The Kier molecular flexibility index (Phi) is 6.08. The fourth-order valence-electron chi connectivity index (χ4n) is 1.08. The maximum absolute atomic E-state index is 9.20. The van der Waals surface area contributed by atoms with Gasteiger partial charge in [0.15, 0.2) is 0 Å². The Labute approximate surface area is 96.6 Å². The second-order valence-electron chi connectivity index (χ2n) is 2.72. The van der Waals surface area contributed by atoms with Crippen molar-refractivity contribution in [1.82, 2.24) is 0 Å². The predicted molar refractivity (Wildman–Crippen MR) is 42.8 cm³/mol. The zero-order valence-electron chi connectivity index (χ0n) is 6.54. The van der Waals surface area contributed by atoms with Gasteiger partial charge in [0.25, 0.3) is 0 Å². The van der Waals surface area contributed by atoms with Crippen molar-refractivity contribution in [3.8, 4) is 0 Å². The van der Waals surface area contributed by atoms with Gasteiger partial charge in [-0.25, -0.2) is 0 Å². The zero-order valence-corrected chi connectivity index (χ0v) is 9.60. The predicted octanol–water partition coefficient (Wildman–Crippen LogP) is -2.29. The Balaban J connectivity index is 0.00000144. The van der Waals surface area contributed by atoms with E-state index in [1.54, 1.807) is 0 Å². The fraction of sp³-hybridized carbons (Fsp3) is 1.00. The van der Waals surface area contributed by atoms with Gasteiger partial charge in [-0.1, -0.05) is 0 Å². The molecule has 0 radical (unpaired) electrons. The Morgan fingerprint density at radius 1 is 1.08 bits per heavy atom. The molecule has 0 saturated carbocycles. The zero-order chi connectivity index (χ0) is 9.30. The average Bonchev–Trinajstić information content (AvgIpc) is 2.08. The molecule has 4 N–H and O–H groups in total. The largest absolute Gasteiger partial charge is 1.00 e. The first-order valence-corrected chi connectivity index (χ1v) is 4.08. The van der Waals surface area contributed by atoms with Gasteiger partial charge in [0, 0.05) is 0 Å². The summed E-state index contributed by atoms with van der Waals surface area (Å²) in [5.41, 5.74) is -0.874.